The lowest BCUT2D eigenvalue weighted by molar-refractivity contribution is -0.146. The van der Waals surface area contributed by atoms with E-state index in [1.165, 1.54) is 7.11 Å². The smallest absolute Gasteiger partial charge is 0.330 e. The Hall–Kier alpha value is -2.56. The summed E-state index contributed by atoms with van der Waals surface area (Å²) in [5.74, 6) is -0.797. The molecule has 0 aliphatic heterocycles. The number of esters is 1. The largest absolute Gasteiger partial charge is 0.467 e. The first-order valence-corrected chi connectivity index (χ1v) is 7.42. The number of nitrogens with zero attached hydrogens (tertiary/aromatic N) is 1. The van der Waals surface area contributed by atoms with E-state index in [-0.39, 0.29) is 5.91 Å². The highest BCUT2D eigenvalue weighted by molar-refractivity contribution is 5.98. The van der Waals surface area contributed by atoms with Gasteiger partial charge in [0.2, 0.25) is 0 Å². The zero-order valence-electron chi connectivity index (χ0n) is 14.1. The Kier molecular flexibility index (Phi) is 4.59. The van der Waals surface area contributed by atoms with Gasteiger partial charge in [-0.25, -0.2) is 4.79 Å². The molecule has 0 aliphatic rings. The number of nitrogens with one attached hydrogen (secondary N) is 1. The van der Waals surface area contributed by atoms with Gasteiger partial charge in [-0.15, -0.1) is 0 Å². The number of ether oxygens (including phenoxy) is 1. The highest BCUT2D eigenvalue weighted by Crippen LogP contribution is 2.17. The lowest BCUT2D eigenvalue weighted by Gasteiger charge is -2.23. The van der Waals surface area contributed by atoms with Gasteiger partial charge >= 0.3 is 5.97 Å². The first-order valence-electron chi connectivity index (χ1n) is 7.42. The fourth-order valence-corrected chi connectivity index (χ4v) is 2.50. The zero-order chi connectivity index (χ0) is 17.2. The van der Waals surface area contributed by atoms with Crippen LogP contribution in [0.2, 0.25) is 0 Å². The number of aromatic nitrogens is 1. The predicted molar refractivity (Wildman–Crippen MR) is 88.8 cm³/mol. The standard InChI is InChI=1S/C18H22N2O3/c1-12-6-7-13(2)20(12)15-10-8-14(9-11-15)16(21)19-18(3,4)17(22)23-5/h6-11H,1-5H3,(H,19,21). The molecule has 2 rings (SSSR count). The number of carbonyl (C=O) groups is 2. The lowest BCUT2D eigenvalue weighted by Crippen LogP contribution is -2.50. The fourth-order valence-electron chi connectivity index (χ4n) is 2.50. The number of hydrogen-bond acceptors (Lipinski definition) is 3. The average molecular weight is 314 g/mol. The molecule has 122 valence electrons. The molecule has 0 saturated carbocycles. The molecular formula is C18H22N2O3. The van der Waals surface area contributed by atoms with E-state index < -0.39 is 11.5 Å². The third-order valence-electron chi connectivity index (χ3n) is 3.78. The highest BCUT2D eigenvalue weighted by atomic mass is 16.5. The Morgan fingerprint density at radius 3 is 2.00 bits per heavy atom. The predicted octanol–water partition coefficient (Wildman–Crippen LogP) is 2.78. The second-order valence-corrected chi connectivity index (χ2v) is 6.07. The number of aryl methyl sites for hydroxylation is 2. The molecule has 0 atom stereocenters. The van der Waals surface area contributed by atoms with Gasteiger partial charge in [0.15, 0.2) is 0 Å². The summed E-state index contributed by atoms with van der Waals surface area (Å²) in [5, 5.41) is 2.68. The van der Waals surface area contributed by atoms with E-state index in [4.69, 9.17) is 0 Å². The number of rotatable bonds is 4. The van der Waals surface area contributed by atoms with Crippen LogP contribution in [-0.4, -0.2) is 29.1 Å². The Balaban J connectivity index is 2.20. The Morgan fingerprint density at radius 2 is 1.52 bits per heavy atom. The van der Waals surface area contributed by atoms with Crippen LogP contribution in [0.4, 0.5) is 0 Å². The number of methoxy groups -OCH3 is 1. The van der Waals surface area contributed by atoms with Crippen LogP contribution >= 0.6 is 0 Å². The van der Waals surface area contributed by atoms with E-state index in [9.17, 15) is 9.59 Å². The third kappa shape index (κ3) is 3.44. The fraction of sp³-hybridized carbons (Fsp3) is 0.333. The van der Waals surface area contributed by atoms with E-state index in [2.05, 4.69) is 26.8 Å². The molecule has 1 N–H and O–H groups in total. The molecular weight excluding hydrogens is 292 g/mol. The molecule has 1 heterocycles. The SMILES string of the molecule is COC(=O)C(C)(C)NC(=O)c1ccc(-n2c(C)ccc2C)cc1. The van der Waals surface area contributed by atoms with Crippen molar-refractivity contribution >= 4 is 11.9 Å². The van der Waals surface area contributed by atoms with Gasteiger partial charge in [-0.3, -0.25) is 4.79 Å². The van der Waals surface area contributed by atoms with Gasteiger partial charge in [-0.1, -0.05) is 0 Å². The van der Waals surface area contributed by atoms with Crippen LogP contribution in [0, 0.1) is 13.8 Å². The van der Waals surface area contributed by atoms with Crippen molar-refractivity contribution in [2.45, 2.75) is 33.2 Å². The maximum Gasteiger partial charge on any atom is 0.330 e. The topological polar surface area (TPSA) is 60.3 Å². The number of hydrogen-bond donors (Lipinski definition) is 1. The van der Waals surface area contributed by atoms with Gasteiger partial charge in [-0.2, -0.15) is 0 Å². The summed E-state index contributed by atoms with van der Waals surface area (Å²) in [6.45, 7) is 7.29. The molecule has 5 nitrogen and oxygen atoms in total. The first-order chi connectivity index (χ1) is 10.8. The van der Waals surface area contributed by atoms with E-state index in [0.717, 1.165) is 17.1 Å². The minimum Gasteiger partial charge on any atom is -0.467 e. The molecule has 0 radical (unpaired) electrons. The molecule has 5 heteroatoms. The molecule has 23 heavy (non-hydrogen) atoms. The van der Waals surface area contributed by atoms with Crippen LogP contribution in [0.5, 0.6) is 0 Å². The minimum atomic E-state index is -1.07. The second-order valence-electron chi connectivity index (χ2n) is 6.07. The van der Waals surface area contributed by atoms with Gasteiger partial charge in [0.25, 0.3) is 5.91 Å². The van der Waals surface area contributed by atoms with Crippen molar-refractivity contribution in [2.24, 2.45) is 0 Å². The van der Waals surface area contributed by atoms with Gasteiger partial charge < -0.3 is 14.6 Å². The molecule has 1 aromatic carbocycles. The summed E-state index contributed by atoms with van der Waals surface area (Å²) in [6.07, 6.45) is 0. The van der Waals surface area contributed by atoms with Crippen molar-refractivity contribution in [2.75, 3.05) is 7.11 Å². The van der Waals surface area contributed by atoms with Crippen LogP contribution < -0.4 is 5.32 Å². The molecule has 0 aliphatic carbocycles. The lowest BCUT2D eigenvalue weighted by atomic mass is 10.0. The summed E-state index contributed by atoms with van der Waals surface area (Å²) >= 11 is 0. The summed E-state index contributed by atoms with van der Waals surface area (Å²) in [4.78, 5) is 23.9. The van der Waals surface area contributed by atoms with Crippen LogP contribution in [0.3, 0.4) is 0 Å². The summed E-state index contributed by atoms with van der Waals surface area (Å²) in [7, 11) is 1.30. The van der Waals surface area contributed by atoms with Gasteiger partial charge in [0, 0.05) is 22.6 Å². The normalized spacial score (nSPS) is 11.2. The van der Waals surface area contributed by atoms with Gasteiger partial charge in [0.1, 0.15) is 5.54 Å². The van der Waals surface area contributed by atoms with Crippen LogP contribution in [0.1, 0.15) is 35.6 Å². The molecule has 1 amide bonds. The Labute approximate surface area is 136 Å². The van der Waals surface area contributed by atoms with E-state index >= 15 is 0 Å². The van der Waals surface area contributed by atoms with Crippen LogP contribution in [0.25, 0.3) is 5.69 Å². The number of amides is 1. The van der Waals surface area contributed by atoms with Crippen LogP contribution in [-0.2, 0) is 9.53 Å². The Bertz CT molecular complexity index is 708. The maximum absolute atomic E-state index is 12.3. The highest BCUT2D eigenvalue weighted by Gasteiger charge is 2.30. The maximum atomic E-state index is 12.3. The van der Waals surface area contributed by atoms with Gasteiger partial charge in [0.05, 0.1) is 7.11 Å². The summed E-state index contributed by atoms with van der Waals surface area (Å²) < 4.78 is 6.80. The molecule has 0 spiro atoms. The second kappa shape index (κ2) is 6.28. The van der Waals surface area contributed by atoms with E-state index in [1.54, 1.807) is 26.0 Å². The van der Waals surface area contributed by atoms with Gasteiger partial charge in [-0.05, 0) is 64.1 Å². The van der Waals surface area contributed by atoms with Crippen molar-refractivity contribution in [3.63, 3.8) is 0 Å². The average Bonchev–Trinajstić information content (AvgIpc) is 2.85. The van der Waals surface area contributed by atoms with Crippen LogP contribution in [0.15, 0.2) is 36.4 Å². The van der Waals surface area contributed by atoms with E-state index in [0.29, 0.717) is 5.56 Å². The molecule has 2 aromatic rings. The molecule has 0 unspecified atom stereocenters. The molecule has 0 saturated heterocycles. The minimum absolute atomic E-state index is 0.312. The number of carbonyl (C=O) groups excluding carboxylic acids is 2. The van der Waals surface area contributed by atoms with Crippen molar-refractivity contribution < 1.29 is 14.3 Å². The quantitative estimate of drug-likeness (QED) is 0.883. The Morgan fingerprint density at radius 1 is 1.00 bits per heavy atom. The van der Waals surface area contributed by atoms with Crippen molar-refractivity contribution in [1.29, 1.82) is 0 Å². The van der Waals surface area contributed by atoms with Crippen molar-refractivity contribution in [3.05, 3.63) is 53.3 Å². The molecule has 0 bridgehead atoms. The molecule has 1 aromatic heterocycles. The summed E-state index contributed by atoms with van der Waals surface area (Å²) in [6, 6.07) is 11.4. The first kappa shape index (κ1) is 16.8. The van der Waals surface area contributed by atoms with E-state index in [1.807, 2.05) is 26.0 Å². The number of benzene rings is 1. The van der Waals surface area contributed by atoms with Crippen molar-refractivity contribution in [3.8, 4) is 5.69 Å². The zero-order valence-corrected chi connectivity index (χ0v) is 14.1. The van der Waals surface area contributed by atoms with Crippen molar-refractivity contribution in [1.82, 2.24) is 9.88 Å². The third-order valence-corrected chi connectivity index (χ3v) is 3.78. The monoisotopic (exact) mass is 314 g/mol. The summed E-state index contributed by atoms with van der Waals surface area (Å²) in [5.41, 5.74) is 2.68. The molecule has 0 fully saturated rings.